The maximum atomic E-state index is 14.9. The molecule has 198 valence electrons. The van der Waals surface area contributed by atoms with Crippen LogP contribution in [0.2, 0.25) is 0 Å². The summed E-state index contributed by atoms with van der Waals surface area (Å²) in [5.41, 5.74) is 1.92. The maximum absolute atomic E-state index is 14.9. The van der Waals surface area contributed by atoms with Gasteiger partial charge in [-0.25, -0.2) is 18.6 Å². The molecule has 2 aromatic heterocycles. The van der Waals surface area contributed by atoms with Gasteiger partial charge in [0.15, 0.2) is 23.2 Å². The maximum Gasteiger partial charge on any atom is 0.339 e. The van der Waals surface area contributed by atoms with Crippen molar-refractivity contribution in [1.82, 2.24) is 15.2 Å². The molecule has 1 unspecified atom stereocenters. The Morgan fingerprint density at radius 1 is 1.22 bits per heavy atom. The van der Waals surface area contributed by atoms with Gasteiger partial charge in [-0.3, -0.25) is 0 Å². The van der Waals surface area contributed by atoms with Crippen LogP contribution in [0.25, 0.3) is 11.3 Å². The molecule has 5 rings (SSSR count). The molecule has 0 radical (unpaired) electrons. The predicted octanol–water partition coefficient (Wildman–Crippen LogP) is 4.64. The second-order valence-corrected chi connectivity index (χ2v) is 8.35. The third kappa shape index (κ3) is 4.85. The van der Waals surface area contributed by atoms with Crippen LogP contribution >= 0.6 is 0 Å². The minimum Gasteiger partial charge on any atom is -0.493 e. The quantitative estimate of drug-likeness (QED) is 0.487. The summed E-state index contributed by atoms with van der Waals surface area (Å²) in [4.78, 5) is 17.9. The minimum absolute atomic E-state index is 0. The zero-order valence-corrected chi connectivity index (χ0v) is 21.3. The highest BCUT2D eigenvalue weighted by atomic mass is 19.1. The molecule has 3 aromatic rings. The predicted molar refractivity (Wildman–Crippen MR) is 136 cm³/mol. The van der Waals surface area contributed by atoms with Crippen molar-refractivity contribution in [2.75, 3.05) is 37.5 Å². The molecular formula is C26H31F2N5O4. The molecule has 0 saturated carbocycles. The average Bonchev–Trinajstić information content (AvgIpc) is 3.35. The molecule has 9 nitrogen and oxygen atoms in total. The average molecular weight is 516 g/mol. The standard InChI is InChI=1S/C24H23F2N5O4.C2H6.H2/c1-12-16(24(32)34-3)10-28-23(20(12)26)35-14-7-13-9-27-22-19(31(13)11-14)8-18(29-30-22)15-5-4-6-17(25)21(15)33-2;1-2;/h4-6,8,10,13-14H,7,9,11H2,1-3H3,(H,27,30);1-2H3;1H/t13?,14-;;/m1../s1. The first-order valence-corrected chi connectivity index (χ1v) is 12.0. The van der Waals surface area contributed by atoms with Gasteiger partial charge in [-0.1, -0.05) is 19.9 Å². The summed E-state index contributed by atoms with van der Waals surface area (Å²) < 4.78 is 44.9. The zero-order valence-electron chi connectivity index (χ0n) is 21.3. The summed E-state index contributed by atoms with van der Waals surface area (Å²) in [6.07, 6.45) is 1.53. The van der Waals surface area contributed by atoms with Gasteiger partial charge in [0.05, 0.1) is 43.8 Å². The monoisotopic (exact) mass is 515 g/mol. The smallest absolute Gasteiger partial charge is 0.339 e. The lowest BCUT2D eigenvalue weighted by atomic mass is 10.1. The van der Waals surface area contributed by atoms with Crippen molar-refractivity contribution in [2.24, 2.45) is 0 Å². The van der Waals surface area contributed by atoms with E-state index >= 15 is 0 Å². The molecule has 0 bridgehead atoms. The van der Waals surface area contributed by atoms with E-state index in [4.69, 9.17) is 9.47 Å². The van der Waals surface area contributed by atoms with Crippen LogP contribution in [0.15, 0.2) is 30.5 Å². The summed E-state index contributed by atoms with van der Waals surface area (Å²) in [5.74, 6) is -1.30. The normalized spacial score (nSPS) is 17.5. The van der Waals surface area contributed by atoms with Crippen molar-refractivity contribution in [3.63, 3.8) is 0 Å². The molecule has 1 aromatic carbocycles. The number of nitrogens with one attached hydrogen (secondary N) is 1. The van der Waals surface area contributed by atoms with E-state index in [1.165, 1.54) is 33.4 Å². The number of hydrogen-bond acceptors (Lipinski definition) is 9. The number of ether oxygens (including phenoxy) is 3. The first-order chi connectivity index (χ1) is 17.9. The van der Waals surface area contributed by atoms with E-state index in [-0.39, 0.29) is 36.3 Å². The van der Waals surface area contributed by atoms with Gasteiger partial charge < -0.3 is 24.4 Å². The van der Waals surface area contributed by atoms with E-state index in [1.807, 2.05) is 19.9 Å². The summed E-state index contributed by atoms with van der Waals surface area (Å²) in [7, 11) is 2.63. The van der Waals surface area contributed by atoms with E-state index in [0.717, 1.165) is 5.69 Å². The Bertz CT molecular complexity index is 1310. The molecule has 37 heavy (non-hydrogen) atoms. The Hall–Kier alpha value is -4.02. The van der Waals surface area contributed by atoms with Gasteiger partial charge in [-0.15, -0.1) is 10.2 Å². The Labute approximate surface area is 215 Å². The van der Waals surface area contributed by atoms with E-state index in [9.17, 15) is 13.6 Å². The second-order valence-electron chi connectivity index (χ2n) is 8.35. The number of pyridine rings is 1. The van der Waals surface area contributed by atoms with Crippen LogP contribution in [0.5, 0.6) is 11.6 Å². The van der Waals surface area contributed by atoms with Crippen LogP contribution in [0.1, 0.15) is 37.6 Å². The van der Waals surface area contributed by atoms with E-state index in [0.29, 0.717) is 36.6 Å². The number of halogens is 2. The number of anilines is 2. The SMILES string of the molecule is CC.COC(=O)c1cnc(O[C@@H]2CC3CNc4nnc(-c5cccc(F)c5OC)cc4N3C2)c(F)c1C.[HH]. The number of carbonyl (C=O) groups excluding carboxylic acids is 1. The number of benzene rings is 1. The number of hydrogen-bond donors (Lipinski definition) is 1. The molecule has 2 aliphatic rings. The van der Waals surface area contributed by atoms with Crippen molar-refractivity contribution < 1.29 is 29.2 Å². The van der Waals surface area contributed by atoms with E-state index < -0.39 is 17.6 Å². The van der Waals surface area contributed by atoms with Gasteiger partial charge >= 0.3 is 5.97 Å². The molecule has 0 aliphatic carbocycles. The summed E-state index contributed by atoms with van der Waals surface area (Å²) >= 11 is 0. The van der Waals surface area contributed by atoms with Crippen molar-refractivity contribution in [3.05, 3.63) is 53.2 Å². The van der Waals surface area contributed by atoms with Gasteiger partial charge in [0.1, 0.15) is 6.10 Å². The minimum atomic E-state index is -0.692. The number of rotatable bonds is 5. The molecule has 2 aliphatic heterocycles. The molecule has 1 N–H and O–H groups in total. The highest BCUT2D eigenvalue weighted by molar-refractivity contribution is 5.90. The number of aromatic nitrogens is 3. The number of fused-ring (bicyclic) bond motifs is 3. The first-order valence-electron chi connectivity index (χ1n) is 12.0. The molecule has 1 saturated heterocycles. The second kappa shape index (κ2) is 10.9. The lowest BCUT2D eigenvalue weighted by molar-refractivity contribution is 0.0598. The lowest BCUT2D eigenvalue weighted by Gasteiger charge is -2.33. The van der Waals surface area contributed by atoms with Crippen LogP contribution in [0.3, 0.4) is 0 Å². The highest BCUT2D eigenvalue weighted by Crippen LogP contribution is 2.39. The number of methoxy groups -OCH3 is 2. The van der Waals surface area contributed by atoms with Crippen LogP contribution in [0, 0.1) is 18.6 Å². The van der Waals surface area contributed by atoms with Gasteiger partial charge in [-0.2, -0.15) is 0 Å². The van der Waals surface area contributed by atoms with E-state index in [2.05, 4.69) is 30.1 Å². The molecular weight excluding hydrogens is 484 g/mol. The van der Waals surface area contributed by atoms with Crippen molar-refractivity contribution in [2.45, 2.75) is 39.3 Å². The van der Waals surface area contributed by atoms with Crippen molar-refractivity contribution >= 4 is 17.5 Å². The summed E-state index contributed by atoms with van der Waals surface area (Å²) in [6, 6.07) is 6.52. The van der Waals surface area contributed by atoms with Crippen LogP contribution in [-0.2, 0) is 4.74 Å². The lowest BCUT2D eigenvalue weighted by Crippen LogP contribution is -2.40. The van der Waals surface area contributed by atoms with Crippen molar-refractivity contribution in [1.29, 1.82) is 0 Å². The fraction of sp³-hybridized carbons (Fsp3) is 0.385. The third-order valence-electron chi connectivity index (χ3n) is 6.33. The fourth-order valence-electron chi connectivity index (χ4n) is 4.55. The highest BCUT2D eigenvalue weighted by Gasteiger charge is 2.39. The fourth-order valence-corrected chi connectivity index (χ4v) is 4.55. The van der Waals surface area contributed by atoms with Crippen molar-refractivity contribution in [3.8, 4) is 22.9 Å². The van der Waals surface area contributed by atoms with Gasteiger partial charge in [0.25, 0.3) is 5.88 Å². The van der Waals surface area contributed by atoms with Gasteiger partial charge in [0, 0.05) is 31.7 Å². The topological polar surface area (TPSA) is 98.7 Å². The van der Waals surface area contributed by atoms with Crippen LogP contribution < -0.4 is 19.7 Å². The number of nitrogens with zero attached hydrogens (tertiary/aromatic N) is 4. The summed E-state index contributed by atoms with van der Waals surface area (Å²) in [5, 5.41) is 11.8. The number of para-hydroxylation sites is 1. The molecule has 4 heterocycles. The van der Waals surface area contributed by atoms with Gasteiger partial charge in [0.2, 0.25) is 0 Å². The molecule has 11 heteroatoms. The summed E-state index contributed by atoms with van der Waals surface area (Å²) in [6.45, 7) is 6.55. The molecule has 2 atom stereocenters. The Balaban J connectivity index is 0.00000130. The van der Waals surface area contributed by atoms with E-state index in [1.54, 1.807) is 12.1 Å². The Morgan fingerprint density at radius 2 is 2.00 bits per heavy atom. The first kappa shape index (κ1) is 26.1. The molecule has 0 spiro atoms. The Morgan fingerprint density at radius 3 is 2.73 bits per heavy atom. The molecule has 0 amide bonds. The number of esters is 1. The Kier molecular flexibility index (Phi) is 7.70. The van der Waals surface area contributed by atoms with Gasteiger partial charge in [-0.05, 0) is 25.1 Å². The number of carbonyl (C=O) groups is 1. The largest absolute Gasteiger partial charge is 0.493 e. The third-order valence-corrected chi connectivity index (χ3v) is 6.33. The van der Waals surface area contributed by atoms with Crippen LogP contribution in [-0.4, -0.2) is 60.6 Å². The molecule has 1 fully saturated rings. The van der Waals surface area contributed by atoms with Crippen LogP contribution in [0.4, 0.5) is 20.3 Å². The zero-order chi connectivity index (χ0) is 26.7.